The van der Waals surface area contributed by atoms with Crippen molar-refractivity contribution in [2.45, 2.75) is 76.0 Å². The fourth-order valence-corrected chi connectivity index (χ4v) is 6.94. The molecule has 0 aliphatic heterocycles. The number of nitrogens with zero attached hydrogens (tertiary/aromatic N) is 2. The first kappa shape index (κ1) is 23.6. The summed E-state index contributed by atoms with van der Waals surface area (Å²) in [6.45, 7) is 0. The first-order chi connectivity index (χ1) is 18.8. The third-order valence-electron chi connectivity index (χ3n) is 9.01. The summed E-state index contributed by atoms with van der Waals surface area (Å²) in [5.74, 6) is 1.09. The van der Waals surface area contributed by atoms with Gasteiger partial charge in [-0.25, -0.2) is 0 Å². The molecule has 0 atom stereocenters. The van der Waals surface area contributed by atoms with Crippen LogP contribution in [0.1, 0.15) is 87.4 Å². The van der Waals surface area contributed by atoms with Gasteiger partial charge in [-0.15, -0.1) is 0 Å². The van der Waals surface area contributed by atoms with E-state index in [-0.39, 0.29) is 0 Å². The van der Waals surface area contributed by atoms with Crippen molar-refractivity contribution in [3.8, 4) is 22.3 Å². The van der Waals surface area contributed by atoms with E-state index < -0.39 is 0 Å². The number of aromatic nitrogens is 2. The van der Waals surface area contributed by atoms with Crippen molar-refractivity contribution in [3.63, 3.8) is 0 Å². The van der Waals surface area contributed by atoms with Crippen LogP contribution in [-0.2, 0) is 0 Å². The van der Waals surface area contributed by atoms with Gasteiger partial charge >= 0.3 is 0 Å². The van der Waals surface area contributed by atoms with Gasteiger partial charge in [0.2, 0.25) is 0 Å². The van der Waals surface area contributed by atoms with Crippen LogP contribution in [-0.4, -0.2) is 9.97 Å². The van der Waals surface area contributed by atoms with Crippen LogP contribution in [0.2, 0.25) is 0 Å². The van der Waals surface area contributed by atoms with Gasteiger partial charge in [0.1, 0.15) is 0 Å². The summed E-state index contributed by atoms with van der Waals surface area (Å²) in [6.07, 6.45) is 12.9. The Kier molecular flexibility index (Phi) is 6.41. The summed E-state index contributed by atoms with van der Waals surface area (Å²) in [5, 5.41) is 2.44. The Bertz CT molecular complexity index is 1440. The van der Waals surface area contributed by atoms with Crippen molar-refractivity contribution in [2.24, 2.45) is 0 Å². The summed E-state index contributed by atoms with van der Waals surface area (Å²) in [6, 6.07) is 31.1. The van der Waals surface area contributed by atoms with Gasteiger partial charge < -0.3 is 0 Å². The molecule has 5 aromatic rings. The molecule has 3 aromatic carbocycles. The lowest BCUT2D eigenvalue weighted by Crippen LogP contribution is -2.09. The van der Waals surface area contributed by atoms with E-state index in [4.69, 9.17) is 9.97 Å². The Morgan fingerprint density at radius 3 is 1.24 bits per heavy atom. The molecule has 2 nitrogen and oxygen atoms in total. The van der Waals surface area contributed by atoms with Crippen LogP contribution in [0.5, 0.6) is 0 Å². The fraction of sp³-hybridized carbons (Fsp3) is 0.333. The molecule has 0 amide bonds. The molecule has 2 heterocycles. The summed E-state index contributed by atoms with van der Waals surface area (Å²) in [5.41, 5.74) is 9.81. The van der Waals surface area contributed by atoms with Crippen molar-refractivity contribution in [1.29, 1.82) is 0 Å². The van der Waals surface area contributed by atoms with Crippen molar-refractivity contribution in [2.75, 3.05) is 0 Å². The molecule has 2 aliphatic rings. The Hall–Kier alpha value is -3.52. The Morgan fingerprint density at radius 1 is 0.447 bits per heavy atom. The highest BCUT2D eigenvalue weighted by Gasteiger charge is 2.23. The molecule has 2 fully saturated rings. The zero-order valence-corrected chi connectivity index (χ0v) is 22.2. The van der Waals surface area contributed by atoms with E-state index in [0.29, 0.717) is 11.8 Å². The second kappa shape index (κ2) is 10.3. The van der Waals surface area contributed by atoms with Crippen molar-refractivity contribution >= 4 is 21.8 Å². The molecule has 0 saturated heterocycles. The molecular formula is C36H36N2. The molecule has 0 radical (unpaired) electrons. The molecule has 2 aliphatic carbocycles. The minimum Gasteiger partial charge on any atom is -0.250 e. The van der Waals surface area contributed by atoms with E-state index in [0.717, 1.165) is 11.0 Å². The highest BCUT2D eigenvalue weighted by atomic mass is 14.8. The fourth-order valence-electron chi connectivity index (χ4n) is 6.94. The maximum atomic E-state index is 5.47. The Labute approximate surface area is 226 Å². The molecule has 2 heteroatoms. The van der Waals surface area contributed by atoms with Crippen LogP contribution < -0.4 is 0 Å². The smallest absolute Gasteiger partial charge is 0.0974 e. The van der Waals surface area contributed by atoms with E-state index >= 15 is 0 Å². The average molecular weight is 497 g/mol. The van der Waals surface area contributed by atoms with Crippen LogP contribution in [0.25, 0.3) is 44.1 Å². The molecule has 190 valence electrons. The lowest BCUT2D eigenvalue weighted by molar-refractivity contribution is 0.437. The molecule has 0 spiro atoms. The summed E-state index contributed by atoms with van der Waals surface area (Å²) in [4.78, 5) is 10.9. The lowest BCUT2D eigenvalue weighted by Gasteiger charge is -2.24. The topological polar surface area (TPSA) is 25.8 Å². The Morgan fingerprint density at radius 2 is 0.842 bits per heavy atom. The number of benzene rings is 3. The third-order valence-corrected chi connectivity index (χ3v) is 9.01. The normalized spacial score (nSPS) is 17.3. The highest BCUT2D eigenvalue weighted by molar-refractivity contribution is 6.12. The quantitative estimate of drug-likeness (QED) is 0.231. The predicted molar refractivity (Wildman–Crippen MR) is 160 cm³/mol. The van der Waals surface area contributed by atoms with Gasteiger partial charge in [-0.05, 0) is 60.1 Å². The van der Waals surface area contributed by atoms with E-state index in [9.17, 15) is 0 Å². The van der Waals surface area contributed by atoms with Gasteiger partial charge in [0.05, 0.1) is 11.0 Å². The summed E-state index contributed by atoms with van der Waals surface area (Å²) in [7, 11) is 0. The van der Waals surface area contributed by atoms with Crippen LogP contribution >= 0.6 is 0 Å². The van der Waals surface area contributed by atoms with E-state index in [2.05, 4.69) is 84.9 Å². The molecule has 0 bridgehead atoms. The molecule has 2 saturated carbocycles. The maximum absolute atomic E-state index is 5.47. The standard InChI is InChI=1S/C36H36N2/c1-5-13-25(14-6-1)31-23-33(27-17-9-3-10-18-27)37-35-29(31)21-22-30-32(26-15-7-2-8-16-26)24-34(38-36(30)35)28-19-11-4-12-20-28/h1-2,5-8,13-16,21-24,27-28H,3-4,9-12,17-20H2. The van der Waals surface area contributed by atoms with Crippen LogP contribution in [0.4, 0.5) is 0 Å². The first-order valence-electron chi connectivity index (χ1n) is 14.7. The van der Waals surface area contributed by atoms with E-state index in [1.54, 1.807) is 0 Å². The highest BCUT2D eigenvalue weighted by Crippen LogP contribution is 2.41. The van der Waals surface area contributed by atoms with Crippen molar-refractivity contribution < 1.29 is 0 Å². The monoisotopic (exact) mass is 496 g/mol. The molecule has 0 N–H and O–H groups in total. The van der Waals surface area contributed by atoms with Gasteiger partial charge in [-0.2, -0.15) is 0 Å². The minimum atomic E-state index is 0.543. The largest absolute Gasteiger partial charge is 0.250 e. The summed E-state index contributed by atoms with van der Waals surface area (Å²) < 4.78 is 0. The number of fused-ring (bicyclic) bond motifs is 3. The van der Waals surface area contributed by atoms with Gasteiger partial charge in [0, 0.05) is 34.0 Å². The molecular weight excluding hydrogens is 460 g/mol. The predicted octanol–water partition coefficient (Wildman–Crippen LogP) is 10.2. The second-order valence-electron chi connectivity index (χ2n) is 11.4. The zero-order chi connectivity index (χ0) is 25.3. The molecule has 7 rings (SSSR count). The second-order valence-corrected chi connectivity index (χ2v) is 11.4. The average Bonchev–Trinajstić information content (AvgIpc) is 3.01. The first-order valence-corrected chi connectivity index (χ1v) is 14.7. The van der Waals surface area contributed by atoms with E-state index in [1.807, 2.05) is 0 Å². The van der Waals surface area contributed by atoms with Crippen molar-refractivity contribution in [1.82, 2.24) is 9.97 Å². The number of hydrogen-bond donors (Lipinski definition) is 0. The third kappa shape index (κ3) is 4.41. The molecule has 2 aromatic heterocycles. The molecule has 38 heavy (non-hydrogen) atoms. The zero-order valence-electron chi connectivity index (χ0n) is 22.2. The number of rotatable bonds is 4. The SMILES string of the molecule is c1ccc(-c2cc(C3CCCCC3)nc3c2ccc2c(-c4ccccc4)cc(C4CCCCC4)nc23)cc1. The Balaban J connectivity index is 1.53. The number of hydrogen-bond acceptors (Lipinski definition) is 2. The van der Waals surface area contributed by atoms with Gasteiger partial charge in [-0.3, -0.25) is 9.97 Å². The minimum absolute atomic E-state index is 0.543. The lowest BCUT2D eigenvalue weighted by atomic mass is 9.84. The van der Waals surface area contributed by atoms with Gasteiger partial charge in [0.15, 0.2) is 0 Å². The van der Waals surface area contributed by atoms with E-state index in [1.165, 1.54) is 109 Å². The van der Waals surface area contributed by atoms with Gasteiger partial charge in [0.25, 0.3) is 0 Å². The maximum Gasteiger partial charge on any atom is 0.0974 e. The van der Waals surface area contributed by atoms with Crippen molar-refractivity contribution in [3.05, 3.63) is 96.3 Å². The van der Waals surface area contributed by atoms with Crippen LogP contribution in [0.3, 0.4) is 0 Å². The number of pyridine rings is 2. The van der Waals surface area contributed by atoms with Gasteiger partial charge in [-0.1, -0.05) is 111 Å². The van der Waals surface area contributed by atoms with Crippen LogP contribution in [0.15, 0.2) is 84.9 Å². The van der Waals surface area contributed by atoms with Crippen LogP contribution in [0, 0.1) is 0 Å². The molecule has 0 unspecified atom stereocenters. The summed E-state index contributed by atoms with van der Waals surface area (Å²) >= 11 is 0.